The minimum Gasteiger partial charge on any atom is -0.508 e. The molecule has 5 nitrogen and oxygen atoms in total. The number of benzene rings is 2. The summed E-state index contributed by atoms with van der Waals surface area (Å²) < 4.78 is 13.2. The lowest BCUT2D eigenvalue weighted by atomic mass is 9.99. The molecule has 102 valence electrons. The number of hydrogen-bond donors (Lipinski definition) is 3. The van der Waals surface area contributed by atoms with Gasteiger partial charge in [-0.3, -0.25) is 0 Å². The molecule has 0 unspecified atom stereocenters. The molecule has 0 bridgehead atoms. The third-order valence-electron chi connectivity index (χ3n) is 2.64. The molecule has 0 atom stereocenters. The van der Waals surface area contributed by atoms with E-state index in [2.05, 4.69) is 0 Å². The van der Waals surface area contributed by atoms with E-state index in [9.17, 15) is 19.1 Å². The SMILES string of the molecule is O=C(O)c1cc(C(=O)O)cc(-c2cc(O)cc(F)c2)c1. The first kappa shape index (κ1) is 13.5. The van der Waals surface area contributed by atoms with Crippen LogP contribution in [0.1, 0.15) is 20.7 Å². The highest BCUT2D eigenvalue weighted by Gasteiger charge is 2.13. The predicted molar refractivity (Wildman–Crippen MR) is 67.4 cm³/mol. The Balaban J connectivity index is 2.66. The summed E-state index contributed by atoms with van der Waals surface area (Å²) in [6, 6.07) is 6.62. The van der Waals surface area contributed by atoms with Crippen LogP contribution in [0.15, 0.2) is 36.4 Å². The van der Waals surface area contributed by atoms with Crippen LogP contribution in [-0.2, 0) is 0 Å². The number of rotatable bonds is 3. The summed E-state index contributed by atoms with van der Waals surface area (Å²) in [5.41, 5.74) is -0.0856. The zero-order chi connectivity index (χ0) is 14.9. The van der Waals surface area contributed by atoms with E-state index in [1.807, 2.05) is 0 Å². The largest absolute Gasteiger partial charge is 0.508 e. The molecule has 0 aromatic heterocycles. The number of aromatic carboxylic acids is 2. The van der Waals surface area contributed by atoms with E-state index in [1.165, 1.54) is 18.2 Å². The molecule has 2 aromatic carbocycles. The van der Waals surface area contributed by atoms with Gasteiger partial charge in [-0.15, -0.1) is 0 Å². The van der Waals surface area contributed by atoms with Gasteiger partial charge in [0.15, 0.2) is 0 Å². The average Bonchev–Trinajstić information content (AvgIpc) is 2.36. The zero-order valence-electron chi connectivity index (χ0n) is 10.0. The van der Waals surface area contributed by atoms with Crippen LogP contribution in [-0.4, -0.2) is 27.3 Å². The van der Waals surface area contributed by atoms with E-state index in [0.29, 0.717) is 0 Å². The van der Waals surface area contributed by atoms with Crippen LogP contribution in [0.5, 0.6) is 5.75 Å². The molecule has 0 radical (unpaired) electrons. The van der Waals surface area contributed by atoms with Crippen molar-refractivity contribution in [1.29, 1.82) is 0 Å². The standard InChI is InChI=1S/C14H9FO5/c15-11-4-8(5-12(16)6-11)7-1-9(13(17)18)3-10(2-7)14(19)20/h1-6,16H,(H,17,18)(H,19,20). The summed E-state index contributed by atoms with van der Waals surface area (Å²) in [6.07, 6.45) is 0. The summed E-state index contributed by atoms with van der Waals surface area (Å²) in [4.78, 5) is 22.0. The summed E-state index contributed by atoms with van der Waals surface area (Å²) in [6.45, 7) is 0. The maximum atomic E-state index is 13.2. The van der Waals surface area contributed by atoms with E-state index in [1.54, 1.807) is 0 Å². The molecule has 0 aliphatic heterocycles. The highest BCUT2D eigenvalue weighted by Crippen LogP contribution is 2.27. The molecule has 20 heavy (non-hydrogen) atoms. The van der Waals surface area contributed by atoms with E-state index >= 15 is 0 Å². The van der Waals surface area contributed by atoms with E-state index in [0.717, 1.165) is 18.2 Å². The third-order valence-corrected chi connectivity index (χ3v) is 2.64. The Morgan fingerprint density at radius 3 is 1.75 bits per heavy atom. The van der Waals surface area contributed by atoms with Gasteiger partial charge in [-0.1, -0.05) is 0 Å². The Hall–Kier alpha value is -2.89. The predicted octanol–water partition coefficient (Wildman–Crippen LogP) is 2.59. The van der Waals surface area contributed by atoms with Crippen LogP contribution in [0.2, 0.25) is 0 Å². The van der Waals surface area contributed by atoms with E-state index in [4.69, 9.17) is 10.2 Å². The zero-order valence-corrected chi connectivity index (χ0v) is 10.0. The summed E-state index contributed by atoms with van der Waals surface area (Å²) >= 11 is 0. The van der Waals surface area contributed by atoms with Crippen molar-refractivity contribution in [1.82, 2.24) is 0 Å². The second-order valence-corrected chi connectivity index (χ2v) is 4.11. The maximum absolute atomic E-state index is 13.2. The Labute approximate surface area is 112 Å². The van der Waals surface area contributed by atoms with Gasteiger partial charge in [-0.05, 0) is 41.5 Å². The summed E-state index contributed by atoms with van der Waals surface area (Å²) in [7, 11) is 0. The van der Waals surface area contributed by atoms with Crippen molar-refractivity contribution in [3.8, 4) is 16.9 Å². The van der Waals surface area contributed by atoms with Gasteiger partial charge in [0.05, 0.1) is 11.1 Å². The van der Waals surface area contributed by atoms with Gasteiger partial charge in [-0.25, -0.2) is 14.0 Å². The van der Waals surface area contributed by atoms with Crippen LogP contribution < -0.4 is 0 Å². The van der Waals surface area contributed by atoms with Crippen LogP contribution in [0.3, 0.4) is 0 Å². The van der Waals surface area contributed by atoms with Crippen molar-refractivity contribution in [2.45, 2.75) is 0 Å². The van der Waals surface area contributed by atoms with Crippen LogP contribution in [0.4, 0.5) is 4.39 Å². The first-order valence-electron chi connectivity index (χ1n) is 5.48. The van der Waals surface area contributed by atoms with Crippen molar-refractivity contribution < 1.29 is 29.3 Å². The van der Waals surface area contributed by atoms with Gasteiger partial charge in [-0.2, -0.15) is 0 Å². The van der Waals surface area contributed by atoms with Crippen molar-refractivity contribution in [2.75, 3.05) is 0 Å². The fourth-order valence-corrected chi connectivity index (χ4v) is 1.78. The number of aromatic hydroxyl groups is 1. The molecule has 0 aliphatic carbocycles. The number of halogens is 1. The van der Waals surface area contributed by atoms with E-state index < -0.39 is 17.8 Å². The van der Waals surface area contributed by atoms with Gasteiger partial charge in [0.1, 0.15) is 11.6 Å². The first-order valence-corrected chi connectivity index (χ1v) is 5.48. The lowest BCUT2D eigenvalue weighted by molar-refractivity contribution is 0.0696. The first-order chi connectivity index (χ1) is 9.36. The Morgan fingerprint density at radius 1 is 0.800 bits per heavy atom. The van der Waals surface area contributed by atoms with E-state index in [-0.39, 0.29) is 28.0 Å². The minimum atomic E-state index is -1.30. The number of carboxylic acid groups (broad SMARTS) is 2. The highest BCUT2D eigenvalue weighted by atomic mass is 19.1. The van der Waals surface area contributed by atoms with Crippen molar-refractivity contribution >= 4 is 11.9 Å². The smallest absolute Gasteiger partial charge is 0.335 e. The normalized spacial score (nSPS) is 10.2. The molecule has 0 aliphatic rings. The van der Waals surface area contributed by atoms with Crippen molar-refractivity contribution in [3.63, 3.8) is 0 Å². The van der Waals surface area contributed by atoms with Crippen LogP contribution in [0, 0.1) is 5.82 Å². The molecule has 2 rings (SSSR count). The van der Waals surface area contributed by atoms with Gasteiger partial charge in [0, 0.05) is 6.07 Å². The number of phenolic OH excluding ortho intramolecular Hbond substituents is 1. The molecule has 0 fully saturated rings. The fraction of sp³-hybridized carbons (Fsp3) is 0. The number of phenols is 1. The highest BCUT2D eigenvalue weighted by molar-refractivity contribution is 5.96. The molecule has 0 saturated heterocycles. The molecule has 2 aromatic rings. The maximum Gasteiger partial charge on any atom is 0.335 e. The van der Waals surface area contributed by atoms with Crippen LogP contribution in [0.25, 0.3) is 11.1 Å². The van der Waals surface area contributed by atoms with Crippen LogP contribution >= 0.6 is 0 Å². The van der Waals surface area contributed by atoms with Gasteiger partial charge in [0.2, 0.25) is 0 Å². The third kappa shape index (κ3) is 2.74. The Kier molecular flexibility index (Phi) is 3.39. The molecule has 0 saturated carbocycles. The van der Waals surface area contributed by atoms with Gasteiger partial charge < -0.3 is 15.3 Å². The monoisotopic (exact) mass is 276 g/mol. The molecular weight excluding hydrogens is 267 g/mol. The second kappa shape index (κ2) is 5.00. The van der Waals surface area contributed by atoms with Gasteiger partial charge >= 0.3 is 11.9 Å². The number of hydrogen-bond acceptors (Lipinski definition) is 3. The minimum absolute atomic E-state index is 0.188. The number of carboxylic acids is 2. The molecular formula is C14H9FO5. The molecule has 0 spiro atoms. The Morgan fingerprint density at radius 2 is 1.30 bits per heavy atom. The van der Waals surface area contributed by atoms with Crippen molar-refractivity contribution in [3.05, 3.63) is 53.3 Å². The molecule has 6 heteroatoms. The Bertz CT molecular complexity index is 656. The van der Waals surface area contributed by atoms with Gasteiger partial charge in [0.25, 0.3) is 0 Å². The topological polar surface area (TPSA) is 94.8 Å². The van der Waals surface area contributed by atoms with Crippen molar-refractivity contribution in [2.24, 2.45) is 0 Å². The lowest BCUT2D eigenvalue weighted by Gasteiger charge is -2.06. The molecule has 3 N–H and O–H groups in total. The number of carbonyl (C=O) groups is 2. The second-order valence-electron chi connectivity index (χ2n) is 4.11. The summed E-state index contributed by atoms with van der Waals surface area (Å²) in [5.74, 6) is -3.64. The average molecular weight is 276 g/mol. The molecule has 0 amide bonds. The summed E-state index contributed by atoms with van der Waals surface area (Å²) in [5, 5.41) is 27.2. The lowest BCUT2D eigenvalue weighted by Crippen LogP contribution is -2.03. The fourth-order valence-electron chi connectivity index (χ4n) is 1.78. The molecule has 0 heterocycles. The quantitative estimate of drug-likeness (QED) is 0.800.